The number of fused-ring (bicyclic) bond motifs is 2. The maximum Gasteiger partial charge on any atom is 0.340 e. The van der Waals surface area contributed by atoms with Crippen LogP contribution in [0.2, 0.25) is 0 Å². The Kier molecular flexibility index (Phi) is 7.83. The normalized spacial score (nSPS) is 14.5. The van der Waals surface area contributed by atoms with E-state index in [0.717, 1.165) is 29.5 Å². The average Bonchev–Trinajstić information content (AvgIpc) is 3.26. The second-order valence-corrected chi connectivity index (χ2v) is 10.2. The first kappa shape index (κ1) is 28.0. The highest BCUT2D eigenvalue weighted by Crippen LogP contribution is 2.36. The van der Waals surface area contributed by atoms with Gasteiger partial charge in [-0.15, -0.1) is 0 Å². The number of benzene rings is 2. The molecule has 8 heteroatoms. The van der Waals surface area contributed by atoms with E-state index in [-0.39, 0.29) is 18.1 Å². The Morgan fingerprint density at radius 2 is 1.76 bits per heavy atom. The summed E-state index contributed by atoms with van der Waals surface area (Å²) >= 11 is 0. The van der Waals surface area contributed by atoms with Crippen molar-refractivity contribution in [3.8, 4) is 0 Å². The zero-order valence-corrected chi connectivity index (χ0v) is 23.5. The molecule has 2 aromatic carbocycles. The fourth-order valence-electron chi connectivity index (χ4n) is 5.45. The Bertz CT molecular complexity index is 1700. The van der Waals surface area contributed by atoms with E-state index in [9.17, 15) is 18.8 Å². The molecule has 0 aliphatic heterocycles. The number of aromatic amines is 1. The van der Waals surface area contributed by atoms with Gasteiger partial charge in [-0.3, -0.25) is 4.79 Å². The van der Waals surface area contributed by atoms with Gasteiger partial charge < -0.3 is 14.5 Å². The molecule has 1 N–H and O–H groups in total. The summed E-state index contributed by atoms with van der Waals surface area (Å²) < 4.78 is 24.4. The Morgan fingerprint density at radius 1 is 1.02 bits per heavy atom. The molecule has 1 aliphatic carbocycles. The lowest BCUT2D eigenvalue weighted by Gasteiger charge is -2.23. The standard InChI is InChI=1S/C33H31FN2O5/c1-5-40-32(38)27-18(2)29(35-19(27)3)31(37)20(4)41-33(39)28-24-10-6-7-12-26(24)36-30-22(9-8-11-25(28)30)17-21-13-15-23(34)16-14-21/h6-7,10,12-17,20,35H,5,8-9,11H2,1-4H3/b22-17-/t20-/m0/s1. The van der Waals surface area contributed by atoms with Crippen LogP contribution in [-0.4, -0.2) is 40.4 Å². The minimum absolute atomic E-state index is 0.206. The Labute approximate surface area is 237 Å². The molecule has 0 saturated heterocycles. The van der Waals surface area contributed by atoms with Crippen LogP contribution in [0.1, 0.15) is 86.0 Å². The predicted octanol–water partition coefficient (Wildman–Crippen LogP) is 6.80. The molecule has 4 aromatic rings. The smallest absolute Gasteiger partial charge is 0.340 e. The van der Waals surface area contributed by atoms with E-state index in [1.807, 2.05) is 30.3 Å². The molecule has 0 bridgehead atoms. The van der Waals surface area contributed by atoms with Gasteiger partial charge in [0, 0.05) is 11.1 Å². The quantitative estimate of drug-likeness (QED) is 0.199. The largest absolute Gasteiger partial charge is 0.462 e. The van der Waals surface area contributed by atoms with Gasteiger partial charge in [0.2, 0.25) is 5.78 Å². The maximum absolute atomic E-state index is 13.8. The number of aromatic nitrogens is 2. The zero-order chi connectivity index (χ0) is 29.3. The van der Waals surface area contributed by atoms with Crippen molar-refractivity contribution in [3.05, 3.63) is 99.2 Å². The number of carbonyl (C=O) groups excluding carboxylic acids is 3. The minimum atomic E-state index is -1.12. The molecule has 0 saturated carbocycles. The van der Waals surface area contributed by atoms with Gasteiger partial charge in [0.1, 0.15) is 5.82 Å². The third-order valence-electron chi connectivity index (χ3n) is 7.40. The van der Waals surface area contributed by atoms with Crippen LogP contribution in [0.25, 0.3) is 22.6 Å². The summed E-state index contributed by atoms with van der Waals surface area (Å²) in [6.07, 6.45) is 3.03. The number of halogens is 1. The van der Waals surface area contributed by atoms with Crippen molar-refractivity contribution in [2.45, 2.75) is 53.1 Å². The first-order valence-electron chi connectivity index (χ1n) is 13.7. The molecule has 1 atom stereocenters. The van der Waals surface area contributed by atoms with Gasteiger partial charge in [0.05, 0.1) is 34.6 Å². The number of aryl methyl sites for hydroxylation is 1. The summed E-state index contributed by atoms with van der Waals surface area (Å²) in [5.74, 6) is -1.88. The number of hydrogen-bond acceptors (Lipinski definition) is 6. The van der Waals surface area contributed by atoms with E-state index in [0.29, 0.717) is 45.4 Å². The van der Waals surface area contributed by atoms with Crippen LogP contribution in [0.5, 0.6) is 0 Å². The molecule has 0 amide bonds. The number of nitrogens with one attached hydrogen (secondary N) is 1. The van der Waals surface area contributed by atoms with E-state index in [2.05, 4.69) is 4.98 Å². The van der Waals surface area contributed by atoms with Crippen molar-refractivity contribution < 1.29 is 28.2 Å². The van der Waals surface area contributed by atoms with Gasteiger partial charge in [-0.2, -0.15) is 0 Å². The minimum Gasteiger partial charge on any atom is -0.462 e. The molecular weight excluding hydrogens is 523 g/mol. The van der Waals surface area contributed by atoms with E-state index < -0.39 is 23.8 Å². The van der Waals surface area contributed by atoms with Crippen LogP contribution < -0.4 is 0 Å². The molecule has 1 aliphatic rings. The second-order valence-electron chi connectivity index (χ2n) is 10.2. The van der Waals surface area contributed by atoms with E-state index in [1.165, 1.54) is 19.1 Å². The lowest BCUT2D eigenvalue weighted by molar-refractivity contribution is 0.0317. The van der Waals surface area contributed by atoms with Gasteiger partial charge in [0.25, 0.3) is 0 Å². The van der Waals surface area contributed by atoms with E-state index in [4.69, 9.17) is 14.5 Å². The number of para-hydroxylation sites is 1. The Hall–Kier alpha value is -4.59. The molecule has 7 nitrogen and oxygen atoms in total. The maximum atomic E-state index is 13.8. The van der Waals surface area contributed by atoms with Crippen LogP contribution in [0.3, 0.4) is 0 Å². The summed E-state index contributed by atoms with van der Waals surface area (Å²) in [6, 6.07) is 13.6. The highest BCUT2D eigenvalue weighted by molar-refractivity contribution is 6.09. The summed E-state index contributed by atoms with van der Waals surface area (Å²) in [4.78, 5) is 47.5. The monoisotopic (exact) mass is 554 g/mol. The molecule has 0 spiro atoms. The number of carbonyl (C=O) groups is 3. The summed E-state index contributed by atoms with van der Waals surface area (Å²) in [5, 5.41) is 0.649. The highest BCUT2D eigenvalue weighted by atomic mass is 19.1. The number of rotatable bonds is 7. The first-order chi connectivity index (χ1) is 19.7. The van der Waals surface area contributed by atoms with Crippen molar-refractivity contribution in [2.24, 2.45) is 0 Å². The zero-order valence-electron chi connectivity index (χ0n) is 23.5. The van der Waals surface area contributed by atoms with Gasteiger partial charge in [-0.05, 0) is 93.5 Å². The molecule has 0 radical (unpaired) electrons. The van der Waals surface area contributed by atoms with Crippen LogP contribution >= 0.6 is 0 Å². The van der Waals surface area contributed by atoms with Crippen molar-refractivity contribution in [3.63, 3.8) is 0 Å². The first-order valence-corrected chi connectivity index (χ1v) is 13.7. The van der Waals surface area contributed by atoms with Crippen molar-refractivity contribution in [2.75, 3.05) is 6.61 Å². The third kappa shape index (κ3) is 5.42. The molecule has 210 valence electrons. The van der Waals surface area contributed by atoms with Crippen molar-refractivity contribution in [1.82, 2.24) is 9.97 Å². The highest BCUT2D eigenvalue weighted by Gasteiger charge is 2.31. The van der Waals surface area contributed by atoms with Gasteiger partial charge in [-0.1, -0.05) is 30.3 Å². The number of ether oxygens (including phenoxy) is 2. The lowest BCUT2D eigenvalue weighted by Crippen LogP contribution is -2.26. The van der Waals surface area contributed by atoms with E-state index >= 15 is 0 Å². The molecule has 5 rings (SSSR count). The second kappa shape index (κ2) is 11.5. The van der Waals surface area contributed by atoms with Crippen molar-refractivity contribution >= 4 is 40.3 Å². The van der Waals surface area contributed by atoms with Gasteiger partial charge in [0.15, 0.2) is 6.10 Å². The van der Waals surface area contributed by atoms with Gasteiger partial charge >= 0.3 is 11.9 Å². The van der Waals surface area contributed by atoms with Gasteiger partial charge in [-0.25, -0.2) is 19.0 Å². The number of allylic oxidation sites excluding steroid dienone is 1. The number of Topliss-reactive ketones (excluding diaryl/α,β-unsaturated/α-hetero) is 1. The average molecular weight is 555 g/mol. The van der Waals surface area contributed by atoms with Crippen LogP contribution in [-0.2, 0) is 15.9 Å². The lowest BCUT2D eigenvalue weighted by atomic mass is 9.86. The summed E-state index contributed by atoms with van der Waals surface area (Å²) in [6.45, 7) is 6.81. The van der Waals surface area contributed by atoms with Crippen molar-refractivity contribution in [1.29, 1.82) is 0 Å². The number of pyridine rings is 1. The Morgan fingerprint density at radius 3 is 2.49 bits per heavy atom. The molecule has 41 heavy (non-hydrogen) atoms. The van der Waals surface area contributed by atoms with E-state index in [1.54, 1.807) is 32.9 Å². The molecule has 2 heterocycles. The predicted molar refractivity (Wildman–Crippen MR) is 154 cm³/mol. The number of hydrogen-bond donors (Lipinski definition) is 1. The fourth-order valence-corrected chi connectivity index (χ4v) is 5.45. The number of H-pyrrole nitrogens is 1. The number of nitrogens with zero attached hydrogens (tertiary/aromatic N) is 1. The molecule has 2 aromatic heterocycles. The van der Waals surface area contributed by atoms with Crippen LogP contribution in [0.15, 0.2) is 48.5 Å². The topological polar surface area (TPSA) is 98.4 Å². The third-order valence-corrected chi connectivity index (χ3v) is 7.40. The molecule has 0 fully saturated rings. The fraction of sp³-hybridized carbons (Fsp3) is 0.273. The van der Waals surface area contributed by atoms with Crippen LogP contribution in [0.4, 0.5) is 4.39 Å². The number of esters is 2. The molecular formula is C33H31FN2O5. The Balaban J connectivity index is 1.50. The molecule has 0 unspecified atom stereocenters. The number of ketones is 1. The SMILES string of the molecule is CCOC(=O)c1c(C)[nH]c(C(=O)[C@H](C)OC(=O)c2c3c(nc4ccccc24)/C(=C\c2ccc(F)cc2)CCC3)c1C. The summed E-state index contributed by atoms with van der Waals surface area (Å²) in [7, 11) is 0. The summed E-state index contributed by atoms with van der Waals surface area (Å²) in [5.41, 5.74) is 5.77. The van der Waals surface area contributed by atoms with Crippen LogP contribution in [0, 0.1) is 19.7 Å².